The van der Waals surface area contributed by atoms with Crippen molar-refractivity contribution in [1.29, 1.82) is 0 Å². The van der Waals surface area contributed by atoms with E-state index < -0.39 is 0 Å². The second-order valence-corrected chi connectivity index (χ2v) is 3.14. The number of rotatable bonds is 1. The van der Waals surface area contributed by atoms with Gasteiger partial charge in [0.1, 0.15) is 12.0 Å². The molecule has 0 bridgehead atoms. The van der Waals surface area contributed by atoms with Gasteiger partial charge in [-0.15, -0.1) is 0 Å². The molecule has 1 fully saturated rings. The smallest absolute Gasteiger partial charge is 0.204 e. The topological polar surface area (TPSA) is 60.2 Å². The average molecular weight is 179 g/mol. The summed E-state index contributed by atoms with van der Waals surface area (Å²) in [6, 6.07) is 0. The Hall–Kier alpha value is -1.45. The third kappa shape index (κ3) is 1.52. The van der Waals surface area contributed by atoms with E-state index in [2.05, 4.69) is 4.98 Å². The van der Waals surface area contributed by atoms with E-state index in [0.717, 1.165) is 0 Å². The van der Waals surface area contributed by atoms with Crippen molar-refractivity contribution in [2.45, 2.75) is 25.2 Å². The highest BCUT2D eigenvalue weighted by Crippen LogP contribution is 2.26. The van der Waals surface area contributed by atoms with Crippen molar-refractivity contribution in [2.24, 2.45) is 0 Å². The Morgan fingerprint density at radius 1 is 1.46 bits per heavy atom. The van der Waals surface area contributed by atoms with Crippen molar-refractivity contribution in [3.05, 3.63) is 18.4 Å². The van der Waals surface area contributed by atoms with Crippen LogP contribution < -0.4 is 0 Å². The summed E-state index contributed by atoms with van der Waals surface area (Å²) in [6.45, 7) is 0. The number of hydrogen-bond acceptors (Lipinski definition) is 4. The van der Waals surface area contributed by atoms with Gasteiger partial charge in [-0.25, -0.2) is 4.98 Å². The molecule has 2 rings (SSSR count). The Morgan fingerprint density at radius 2 is 2.31 bits per heavy atom. The van der Waals surface area contributed by atoms with Gasteiger partial charge in [-0.2, -0.15) is 0 Å². The van der Waals surface area contributed by atoms with Crippen LogP contribution in [0.25, 0.3) is 0 Å². The zero-order chi connectivity index (χ0) is 9.26. The van der Waals surface area contributed by atoms with E-state index in [-0.39, 0.29) is 23.9 Å². The molecule has 0 radical (unpaired) electrons. The summed E-state index contributed by atoms with van der Waals surface area (Å²) >= 11 is 0. The van der Waals surface area contributed by atoms with Crippen molar-refractivity contribution in [2.75, 3.05) is 0 Å². The van der Waals surface area contributed by atoms with Gasteiger partial charge in [0, 0.05) is 6.42 Å². The van der Waals surface area contributed by atoms with Gasteiger partial charge in [0.2, 0.25) is 5.89 Å². The first kappa shape index (κ1) is 8.16. The summed E-state index contributed by atoms with van der Waals surface area (Å²) < 4.78 is 5.04. The third-order valence-electron chi connectivity index (χ3n) is 2.22. The van der Waals surface area contributed by atoms with Crippen molar-refractivity contribution in [3.8, 4) is 0 Å². The quantitative estimate of drug-likeness (QED) is 0.605. The Morgan fingerprint density at radius 3 is 2.92 bits per heavy atom. The van der Waals surface area contributed by atoms with Crippen LogP contribution in [0, 0.1) is 0 Å². The third-order valence-corrected chi connectivity index (χ3v) is 2.22. The van der Waals surface area contributed by atoms with Crippen molar-refractivity contribution in [1.82, 2.24) is 4.98 Å². The number of hydrogen-bond donors (Lipinski definition) is 0. The first-order valence-electron chi connectivity index (χ1n) is 4.21. The van der Waals surface area contributed by atoms with E-state index in [0.29, 0.717) is 18.7 Å². The van der Waals surface area contributed by atoms with E-state index in [1.54, 1.807) is 0 Å². The first-order valence-corrected chi connectivity index (χ1v) is 4.21. The number of aromatic nitrogens is 1. The molecular weight excluding hydrogens is 170 g/mol. The molecule has 1 aromatic heterocycles. The van der Waals surface area contributed by atoms with Crippen LogP contribution in [0.15, 0.2) is 16.9 Å². The fourth-order valence-electron chi connectivity index (χ4n) is 1.54. The second kappa shape index (κ2) is 3.12. The predicted molar refractivity (Wildman–Crippen MR) is 43.1 cm³/mol. The highest BCUT2D eigenvalue weighted by molar-refractivity contribution is 6.04. The van der Waals surface area contributed by atoms with Gasteiger partial charge in [-0.1, -0.05) is 0 Å². The van der Waals surface area contributed by atoms with Gasteiger partial charge >= 0.3 is 0 Å². The largest absolute Gasteiger partial charge is 0.448 e. The van der Waals surface area contributed by atoms with Crippen molar-refractivity contribution in [3.63, 3.8) is 0 Å². The lowest BCUT2D eigenvalue weighted by Gasteiger charge is -2.15. The van der Waals surface area contributed by atoms with E-state index in [9.17, 15) is 9.59 Å². The van der Waals surface area contributed by atoms with Crippen LogP contribution in [-0.4, -0.2) is 16.6 Å². The van der Waals surface area contributed by atoms with Crippen LogP contribution in [-0.2, 0) is 9.59 Å². The van der Waals surface area contributed by atoms with E-state index in [1.807, 2.05) is 0 Å². The Labute approximate surface area is 75.0 Å². The first-order chi connectivity index (χ1) is 6.27. The summed E-state index contributed by atoms with van der Waals surface area (Å²) in [7, 11) is 0. The molecule has 0 spiro atoms. The highest BCUT2D eigenvalue weighted by Gasteiger charge is 2.30. The van der Waals surface area contributed by atoms with Crippen LogP contribution >= 0.6 is 0 Å². The summed E-state index contributed by atoms with van der Waals surface area (Å²) in [4.78, 5) is 26.2. The van der Waals surface area contributed by atoms with Crippen LogP contribution in [0.1, 0.15) is 31.1 Å². The Balaban J connectivity index is 2.17. The molecule has 0 N–H and O–H groups in total. The maximum absolute atomic E-state index is 11.4. The minimum Gasteiger partial charge on any atom is -0.448 e. The van der Waals surface area contributed by atoms with Crippen molar-refractivity contribution >= 4 is 11.6 Å². The molecule has 0 amide bonds. The molecule has 0 aromatic carbocycles. The zero-order valence-corrected chi connectivity index (χ0v) is 7.03. The minimum atomic E-state index is -0.298. The van der Waals surface area contributed by atoms with Gasteiger partial charge in [0.25, 0.3) is 0 Å². The lowest BCUT2D eigenvalue weighted by molar-refractivity contribution is -0.131. The molecule has 4 heteroatoms. The molecule has 0 saturated heterocycles. The molecule has 13 heavy (non-hydrogen) atoms. The fourth-order valence-corrected chi connectivity index (χ4v) is 1.54. The maximum atomic E-state index is 11.4. The van der Waals surface area contributed by atoms with E-state index in [1.165, 1.54) is 12.5 Å². The van der Waals surface area contributed by atoms with Gasteiger partial charge in [0.05, 0.1) is 18.5 Å². The lowest BCUT2D eigenvalue weighted by Crippen LogP contribution is -2.23. The molecule has 1 aliphatic carbocycles. The molecule has 1 saturated carbocycles. The summed E-state index contributed by atoms with van der Waals surface area (Å²) in [5.41, 5.74) is 0. The number of carbonyl (C=O) groups excluding carboxylic acids is 2. The number of oxazole rings is 1. The molecule has 4 nitrogen and oxygen atoms in total. The molecular formula is C9H9NO3. The molecule has 1 heterocycles. The average Bonchev–Trinajstić information content (AvgIpc) is 2.56. The number of ketones is 2. The molecule has 0 aliphatic heterocycles. The number of Topliss-reactive ketones (excluding diaryl/α,β-unsaturated/α-hetero) is 2. The normalized spacial score (nSPS) is 23.5. The van der Waals surface area contributed by atoms with Crippen LogP contribution in [0.2, 0.25) is 0 Å². The van der Waals surface area contributed by atoms with Crippen molar-refractivity contribution < 1.29 is 14.0 Å². The SMILES string of the molecule is O=C1CCC(c2ncco2)C(=O)C1. The van der Waals surface area contributed by atoms with Gasteiger partial charge in [-0.05, 0) is 6.42 Å². The highest BCUT2D eigenvalue weighted by atomic mass is 16.3. The molecule has 1 aromatic rings. The van der Waals surface area contributed by atoms with Crippen LogP contribution in [0.5, 0.6) is 0 Å². The molecule has 1 aliphatic rings. The Bertz CT molecular complexity index is 329. The van der Waals surface area contributed by atoms with Crippen LogP contribution in [0.4, 0.5) is 0 Å². The minimum absolute atomic E-state index is 0.0211. The summed E-state index contributed by atoms with van der Waals surface area (Å²) in [5.74, 6) is 0.0942. The molecule has 68 valence electrons. The number of carbonyl (C=O) groups is 2. The Kier molecular flexibility index (Phi) is 1.96. The second-order valence-electron chi connectivity index (χ2n) is 3.14. The van der Waals surface area contributed by atoms with Gasteiger partial charge < -0.3 is 4.42 Å². The summed E-state index contributed by atoms with van der Waals surface area (Å²) in [5, 5.41) is 0. The molecule has 1 atom stereocenters. The zero-order valence-electron chi connectivity index (χ0n) is 7.03. The van der Waals surface area contributed by atoms with E-state index >= 15 is 0 Å². The van der Waals surface area contributed by atoms with E-state index in [4.69, 9.17) is 4.42 Å². The lowest BCUT2D eigenvalue weighted by atomic mass is 9.87. The number of nitrogens with zero attached hydrogens (tertiary/aromatic N) is 1. The van der Waals surface area contributed by atoms with Crippen LogP contribution in [0.3, 0.4) is 0 Å². The van der Waals surface area contributed by atoms with Gasteiger partial charge in [0.15, 0.2) is 5.78 Å². The fraction of sp³-hybridized carbons (Fsp3) is 0.444. The van der Waals surface area contributed by atoms with Gasteiger partial charge in [-0.3, -0.25) is 9.59 Å². The summed E-state index contributed by atoms with van der Waals surface area (Å²) in [6.07, 6.45) is 3.99. The monoisotopic (exact) mass is 179 g/mol. The standard InChI is InChI=1S/C9H9NO3/c11-6-1-2-7(8(12)5-6)9-10-3-4-13-9/h3-4,7H,1-2,5H2. The predicted octanol–water partition coefficient (Wildman–Crippen LogP) is 1.08. The maximum Gasteiger partial charge on any atom is 0.204 e. The molecule has 1 unspecified atom stereocenters.